The molecular formula is C13H27NOSi. The summed E-state index contributed by atoms with van der Waals surface area (Å²) in [7, 11) is 0.320. The fourth-order valence-electron chi connectivity index (χ4n) is 1.05. The van der Waals surface area contributed by atoms with E-state index in [4.69, 9.17) is 4.43 Å². The molecule has 0 saturated heterocycles. The van der Waals surface area contributed by atoms with E-state index in [2.05, 4.69) is 44.9 Å². The maximum atomic E-state index is 6.14. The van der Waals surface area contributed by atoms with E-state index in [1.165, 1.54) is 5.57 Å². The number of rotatable bonds is 5. The van der Waals surface area contributed by atoms with Crippen LogP contribution in [-0.4, -0.2) is 28.5 Å². The summed E-state index contributed by atoms with van der Waals surface area (Å²) in [4.78, 5) is 0. The third-order valence-corrected chi connectivity index (χ3v) is 7.63. The topological polar surface area (TPSA) is 21.3 Å². The normalized spacial score (nSPS) is 12.2. The SMILES string of the molecule is CC=C=C(CNC)CO[Si](C)(C)C(C)(C)C. The third-order valence-electron chi connectivity index (χ3n) is 3.15. The van der Waals surface area contributed by atoms with Crippen molar-refractivity contribution in [3.63, 3.8) is 0 Å². The molecule has 16 heavy (non-hydrogen) atoms. The summed E-state index contributed by atoms with van der Waals surface area (Å²) in [6.45, 7) is 14.9. The molecule has 0 atom stereocenters. The molecule has 0 fully saturated rings. The predicted molar refractivity (Wildman–Crippen MR) is 74.3 cm³/mol. The second-order valence-corrected chi connectivity index (χ2v) is 10.4. The second-order valence-electron chi connectivity index (χ2n) is 5.62. The summed E-state index contributed by atoms with van der Waals surface area (Å²) in [5.74, 6) is 0. The van der Waals surface area contributed by atoms with Crippen molar-refractivity contribution in [3.8, 4) is 0 Å². The van der Waals surface area contributed by atoms with Gasteiger partial charge in [-0.3, -0.25) is 0 Å². The highest BCUT2D eigenvalue weighted by atomic mass is 28.4. The number of hydrogen-bond donors (Lipinski definition) is 1. The minimum atomic E-state index is -1.63. The summed E-state index contributed by atoms with van der Waals surface area (Å²) < 4.78 is 6.14. The summed E-state index contributed by atoms with van der Waals surface area (Å²) in [5, 5.41) is 3.42. The average molecular weight is 241 g/mol. The first-order chi connectivity index (χ1) is 7.24. The van der Waals surface area contributed by atoms with Crippen molar-refractivity contribution in [2.45, 2.75) is 45.8 Å². The fraction of sp³-hybridized carbons (Fsp3) is 0.769. The molecule has 0 bridgehead atoms. The van der Waals surface area contributed by atoms with E-state index in [1.54, 1.807) is 0 Å². The van der Waals surface area contributed by atoms with Crippen LogP contribution in [0.4, 0.5) is 0 Å². The Balaban J connectivity index is 4.49. The van der Waals surface area contributed by atoms with Crippen LogP contribution in [0.3, 0.4) is 0 Å². The van der Waals surface area contributed by atoms with Crippen LogP contribution < -0.4 is 5.32 Å². The van der Waals surface area contributed by atoms with Crippen molar-refractivity contribution in [1.29, 1.82) is 0 Å². The Labute approximate surface area is 102 Å². The molecule has 0 heterocycles. The first-order valence-electron chi connectivity index (χ1n) is 5.92. The van der Waals surface area contributed by atoms with Gasteiger partial charge in [-0.05, 0) is 38.2 Å². The number of nitrogens with one attached hydrogen (secondary N) is 1. The molecule has 0 aromatic carbocycles. The van der Waals surface area contributed by atoms with Gasteiger partial charge >= 0.3 is 0 Å². The molecule has 0 unspecified atom stereocenters. The van der Waals surface area contributed by atoms with Gasteiger partial charge in [0.05, 0.1) is 6.61 Å². The Morgan fingerprint density at radius 1 is 1.38 bits per heavy atom. The molecule has 0 aromatic rings. The molecule has 1 N–H and O–H groups in total. The molecule has 0 aliphatic rings. The first kappa shape index (κ1) is 15.7. The van der Waals surface area contributed by atoms with Gasteiger partial charge in [0.15, 0.2) is 8.32 Å². The van der Waals surface area contributed by atoms with Gasteiger partial charge in [0.25, 0.3) is 0 Å². The minimum absolute atomic E-state index is 0.272. The summed E-state index contributed by atoms with van der Waals surface area (Å²) in [6, 6.07) is 0. The predicted octanol–water partition coefficient (Wildman–Crippen LogP) is 3.33. The minimum Gasteiger partial charge on any atom is -0.412 e. The van der Waals surface area contributed by atoms with Gasteiger partial charge in [-0.25, -0.2) is 0 Å². The maximum Gasteiger partial charge on any atom is 0.192 e. The van der Waals surface area contributed by atoms with E-state index >= 15 is 0 Å². The van der Waals surface area contributed by atoms with Crippen LogP contribution in [0.25, 0.3) is 0 Å². The van der Waals surface area contributed by atoms with Gasteiger partial charge in [-0.2, -0.15) is 0 Å². The van der Waals surface area contributed by atoms with Crippen LogP contribution >= 0.6 is 0 Å². The van der Waals surface area contributed by atoms with E-state index < -0.39 is 8.32 Å². The van der Waals surface area contributed by atoms with E-state index in [0.29, 0.717) is 6.61 Å². The Kier molecular flexibility index (Phi) is 6.27. The van der Waals surface area contributed by atoms with Crippen molar-refractivity contribution in [2.24, 2.45) is 0 Å². The lowest BCUT2D eigenvalue weighted by atomic mass is 10.2. The molecule has 2 nitrogen and oxygen atoms in total. The lowest BCUT2D eigenvalue weighted by Crippen LogP contribution is -2.41. The van der Waals surface area contributed by atoms with Crippen molar-refractivity contribution in [3.05, 3.63) is 17.4 Å². The standard InChI is InChI=1S/C13H27NOSi/c1-8-9-12(10-14-5)11-15-16(6,7)13(2,3)4/h8,14H,10-11H2,1-7H3. The fourth-order valence-corrected chi connectivity index (χ4v) is 2.01. The average Bonchev–Trinajstić information content (AvgIpc) is 2.13. The van der Waals surface area contributed by atoms with E-state index in [1.807, 2.05) is 20.0 Å². The summed E-state index contributed by atoms with van der Waals surface area (Å²) >= 11 is 0. The van der Waals surface area contributed by atoms with Crippen molar-refractivity contribution in [2.75, 3.05) is 20.2 Å². The van der Waals surface area contributed by atoms with Crippen LogP contribution in [0.2, 0.25) is 18.1 Å². The highest BCUT2D eigenvalue weighted by molar-refractivity contribution is 6.74. The molecular weight excluding hydrogens is 214 g/mol. The zero-order valence-corrected chi connectivity index (χ0v) is 12.9. The van der Waals surface area contributed by atoms with E-state index in [-0.39, 0.29) is 5.04 Å². The first-order valence-corrected chi connectivity index (χ1v) is 8.83. The largest absolute Gasteiger partial charge is 0.412 e. The number of hydrogen-bond acceptors (Lipinski definition) is 2. The molecule has 0 amide bonds. The van der Waals surface area contributed by atoms with Gasteiger partial charge in [0.1, 0.15) is 0 Å². The van der Waals surface area contributed by atoms with E-state index in [0.717, 1.165) is 6.54 Å². The molecule has 0 aromatic heterocycles. The van der Waals surface area contributed by atoms with Crippen LogP contribution in [0.1, 0.15) is 27.7 Å². The lowest BCUT2D eigenvalue weighted by Gasteiger charge is -2.36. The zero-order valence-electron chi connectivity index (χ0n) is 11.9. The Bertz CT molecular complexity index is 270. The smallest absolute Gasteiger partial charge is 0.192 e. The molecule has 0 aliphatic carbocycles. The Morgan fingerprint density at radius 3 is 2.31 bits per heavy atom. The van der Waals surface area contributed by atoms with Gasteiger partial charge in [0.2, 0.25) is 0 Å². The zero-order chi connectivity index (χ0) is 12.8. The Morgan fingerprint density at radius 2 is 1.94 bits per heavy atom. The van der Waals surface area contributed by atoms with Crippen LogP contribution in [0, 0.1) is 0 Å². The molecule has 0 aliphatic heterocycles. The van der Waals surface area contributed by atoms with Gasteiger partial charge < -0.3 is 9.74 Å². The molecule has 3 heteroatoms. The van der Waals surface area contributed by atoms with Gasteiger partial charge in [-0.15, -0.1) is 5.73 Å². The quantitative estimate of drug-likeness (QED) is 0.589. The lowest BCUT2D eigenvalue weighted by molar-refractivity contribution is 0.316. The molecule has 0 saturated carbocycles. The monoisotopic (exact) mass is 241 g/mol. The highest BCUT2D eigenvalue weighted by Crippen LogP contribution is 2.36. The highest BCUT2D eigenvalue weighted by Gasteiger charge is 2.37. The van der Waals surface area contributed by atoms with Crippen molar-refractivity contribution >= 4 is 8.32 Å². The molecule has 0 spiro atoms. The van der Waals surface area contributed by atoms with Crippen molar-refractivity contribution < 1.29 is 4.43 Å². The second kappa shape index (κ2) is 6.41. The molecule has 0 rings (SSSR count). The molecule has 94 valence electrons. The maximum absolute atomic E-state index is 6.14. The summed E-state index contributed by atoms with van der Waals surface area (Å²) in [5.41, 5.74) is 4.42. The van der Waals surface area contributed by atoms with Crippen LogP contribution in [0.5, 0.6) is 0 Å². The van der Waals surface area contributed by atoms with Crippen molar-refractivity contribution in [1.82, 2.24) is 5.32 Å². The van der Waals surface area contributed by atoms with Crippen LogP contribution in [-0.2, 0) is 4.43 Å². The van der Waals surface area contributed by atoms with Crippen LogP contribution in [0.15, 0.2) is 17.4 Å². The third kappa shape index (κ3) is 5.13. The molecule has 0 radical (unpaired) electrons. The Hall–Kier alpha value is -0.343. The number of likely N-dealkylation sites (N-methyl/N-ethyl adjacent to an activating group) is 1. The van der Waals surface area contributed by atoms with E-state index in [9.17, 15) is 0 Å². The van der Waals surface area contributed by atoms with Gasteiger partial charge in [-0.1, -0.05) is 20.8 Å². The summed E-state index contributed by atoms with van der Waals surface area (Å²) in [6.07, 6.45) is 1.95. The van der Waals surface area contributed by atoms with Gasteiger partial charge in [0, 0.05) is 12.1 Å².